The third-order valence-electron chi connectivity index (χ3n) is 3.64. The highest BCUT2D eigenvalue weighted by Gasteiger charge is 2.25. The number of likely N-dealkylation sites (N-methyl/N-ethyl adjacent to an activating group) is 1. The van der Waals surface area contributed by atoms with Crippen LogP contribution in [0.1, 0.15) is 12.0 Å². The summed E-state index contributed by atoms with van der Waals surface area (Å²) in [5.74, 6) is -0.818. The second-order valence-corrected chi connectivity index (χ2v) is 5.23. The van der Waals surface area contributed by atoms with Crippen LogP contribution in [0.3, 0.4) is 0 Å². The molecule has 1 aromatic heterocycles. The van der Waals surface area contributed by atoms with Gasteiger partial charge in [-0.1, -0.05) is 0 Å². The smallest absolute Gasteiger partial charge is 0.312 e. The predicted octanol–water partition coefficient (Wildman–Crippen LogP) is -0.0956. The number of aromatic nitrogens is 1. The van der Waals surface area contributed by atoms with Crippen molar-refractivity contribution in [1.82, 2.24) is 20.1 Å². The van der Waals surface area contributed by atoms with Gasteiger partial charge < -0.3 is 15.1 Å². The Bertz CT molecular complexity index is 470. The molecule has 1 aromatic rings. The van der Waals surface area contributed by atoms with Crippen LogP contribution in [0.2, 0.25) is 0 Å². The van der Waals surface area contributed by atoms with E-state index in [1.807, 2.05) is 12.1 Å². The Morgan fingerprint density at radius 3 is 2.81 bits per heavy atom. The Morgan fingerprint density at radius 1 is 1.29 bits per heavy atom. The lowest BCUT2D eigenvalue weighted by Gasteiger charge is -2.23. The number of hydrogen-bond donors (Lipinski definition) is 1. The number of hydrogen-bond acceptors (Lipinski definition) is 4. The summed E-state index contributed by atoms with van der Waals surface area (Å²) < 4.78 is 0. The van der Waals surface area contributed by atoms with Gasteiger partial charge in [-0.25, -0.2) is 0 Å². The highest BCUT2D eigenvalue weighted by Crippen LogP contribution is 2.02. The van der Waals surface area contributed by atoms with Crippen LogP contribution in [-0.2, 0) is 16.0 Å². The molecule has 0 atom stereocenters. The van der Waals surface area contributed by atoms with E-state index in [4.69, 9.17) is 0 Å². The maximum absolute atomic E-state index is 12.2. The molecule has 0 unspecified atom stereocenters. The third-order valence-corrected chi connectivity index (χ3v) is 3.64. The van der Waals surface area contributed by atoms with Crippen LogP contribution in [0.15, 0.2) is 24.5 Å². The molecule has 114 valence electrons. The molecule has 0 spiro atoms. The lowest BCUT2D eigenvalue weighted by molar-refractivity contribution is -0.150. The molecule has 21 heavy (non-hydrogen) atoms. The fourth-order valence-electron chi connectivity index (χ4n) is 2.30. The van der Waals surface area contributed by atoms with Gasteiger partial charge in [0.25, 0.3) is 0 Å². The number of nitrogens with zero attached hydrogens (tertiary/aromatic N) is 3. The van der Waals surface area contributed by atoms with Crippen LogP contribution in [0.5, 0.6) is 0 Å². The summed E-state index contributed by atoms with van der Waals surface area (Å²) in [5, 5.41) is 3.22. The van der Waals surface area contributed by atoms with Gasteiger partial charge in [-0.05, 0) is 37.1 Å². The van der Waals surface area contributed by atoms with E-state index in [0.29, 0.717) is 19.6 Å². The van der Waals surface area contributed by atoms with Gasteiger partial charge in [-0.3, -0.25) is 14.6 Å². The van der Waals surface area contributed by atoms with Gasteiger partial charge >= 0.3 is 11.8 Å². The van der Waals surface area contributed by atoms with Crippen molar-refractivity contribution in [3.8, 4) is 0 Å². The summed E-state index contributed by atoms with van der Waals surface area (Å²) in [7, 11) is 1.68. The van der Waals surface area contributed by atoms with Gasteiger partial charge in [0.05, 0.1) is 0 Å². The molecule has 0 bridgehead atoms. The van der Waals surface area contributed by atoms with Crippen molar-refractivity contribution in [3.63, 3.8) is 0 Å². The van der Waals surface area contributed by atoms with Crippen molar-refractivity contribution >= 4 is 11.8 Å². The largest absolute Gasteiger partial charge is 0.337 e. The van der Waals surface area contributed by atoms with Crippen LogP contribution in [0.4, 0.5) is 0 Å². The van der Waals surface area contributed by atoms with Crippen molar-refractivity contribution in [3.05, 3.63) is 30.1 Å². The lowest BCUT2D eigenvalue weighted by atomic mass is 10.2. The molecule has 2 rings (SSSR count). The van der Waals surface area contributed by atoms with E-state index in [1.165, 1.54) is 4.90 Å². The molecule has 0 saturated carbocycles. The van der Waals surface area contributed by atoms with Crippen LogP contribution < -0.4 is 5.32 Å². The number of nitrogens with one attached hydrogen (secondary N) is 1. The predicted molar refractivity (Wildman–Crippen MR) is 79.6 cm³/mol. The Morgan fingerprint density at radius 2 is 2.05 bits per heavy atom. The van der Waals surface area contributed by atoms with Crippen molar-refractivity contribution in [1.29, 1.82) is 0 Å². The minimum Gasteiger partial charge on any atom is -0.337 e. The molecule has 1 aliphatic rings. The van der Waals surface area contributed by atoms with E-state index < -0.39 is 11.8 Å². The van der Waals surface area contributed by atoms with E-state index in [1.54, 1.807) is 24.3 Å². The molecule has 1 saturated heterocycles. The Hall–Kier alpha value is -1.95. The second-order valence-electron chi connectivity index (χ2n) is 5.23. The molecule has 1 N–H and O–H groups in total. The van der Waals surface area contributed by atoms with Crippen LogP contribution >= 0.6 is 0 Å². The molecule has 1 aliphatic heterocycles. The minimum atomic E-state index is -0.425. The van der Waals surface area contributed by atoms with Gasteiger partial charge in [0.15, 0.2) is 0 Å². The molecule has 6 nitrogen and oxygen atoms in total. The zero-order chi connectivity index (χ0) is 15.1. The molecule has 0 aliphatic carbocycles. The maximum atomic E-state index is 12.2. The van der Waals surface area contributed by atoms with Crippen LogP contribution in [-0.4, -0.2) is 66.4 Å². The molecule has 0 radical (unpaired) electrons. The second kappa shape index (κ2) is 7.73. The monoisotopic (exact) mass is 290 g/mol. The van der Waals surface area contributed by atoms with E-state index in [2.05, 4.69) is 10.3 Å². The van der Waals surface area contributed by atoms with E-state index >= 15 is 0 Å². The van der Waals surface area contributed by atoms with Crippen molar-refractivity contribution in [2.24, 2.45) is 0 Å². The molecular formula is C15H22N4O2. The lowest BCUT2D eigenvalue weighted by Crippen LogP contribution is -2.45. The number of pyridine rings is 1. The summed E-state index contributed by atoms with van der Waals surface area (Å²) in [6.07, 6.45) is 5.07. The first-order chi connectivity index (χ1) is 10.2. The first kappa shape index (κ1) is 15.4. The molecule has 2 amide bonds. The van der Waals surface area contributed by atoms with Crippen molar-refractivity contribution in [2.75, 3.05) is 39.8 Å². The first-order valence-corrected chi connectivity index (χ1v) is 7.32. The SMILES string of the molecule is CN(CCc1ccncc1)C(=O)C(=O)N1CCCNCC1. The molecule has 0 aromatic carbocycles. The van der Waals surface area contributed by atoms with Crippen molar-refractivity contribution in [2.45, 2.75) is 12.8 Å². The van der Waals surface area contributed by atoms with E-state index in [0.717, 1.165) is 31.5 Å². The normalized spacial score (nSPS) is 15.4. The molecular weight excluding hydrogens is 268 g/mol. The topological polar surface area (TPSA) is 65.5 Å². The molecule has 2 heterocycles. The van der Waals surface area contributed by atoms with Gasteiger partial charge in [0.2, 0.25) is 0 Å². The number of amides is 2. The van der Waals surface area contributed by atoms with Crippen LogP contribution in [0.25, 0.3) is 0 Å². The Balaban J connectivity index is 1.84. The highest BCUT2D eigenvalue weighted by molar-refractivity contribution is 6.34. The van der Waals surface area contributed by atoms with Gasteiger partial charge in [0.1, 0.15) is 0 Å². The molecule has 6 heteroatoms. The summed E-state index contributed by atoms with van der Waals surface area (Å²) >= 11 is 0. The average molecular weight is 290 g/mol. The summed E-state index contributed by atoms with van der Waals surface area (Å²) in [4.78, 5) is 31.5. The van der Waals surface area contributed by atoms with E-state index in [9.17, 15) is 9.59 Å². The summed E-state index contributed by atoms with van der Waals surface area (Å²) in [6, 6.07) is 3.83. The summed E-state index contributed by atoms with van der Waals surface area (Å²) in [6.45, 7) is 3.43. The Labute approximate surface area is 125 Å². The first-order valence-electron chi connectivity index (χ1n) is 7.32. The van der Waals surface area contributed by atoms with Gasteiger partial charge in [0, 0.05) is 45.6 Å². The van der Waals surface area contributed by atoms with E-state index in [-0.39, 0.29) is 0 Å². The minimum absolute atomic E-state index is 0.393. The highest BCUT2D eigenvalue weighted by atomic mass is 16.2. The number of rotatable bonds is 3. The quantitative estimate of drug-likeness (QED) is 0.790. The summed E-state index contributed by atoms with van der Waals surface area (Å²) in [5.41, 5.74) is 1.11. The third kappa shape index (κ3) is 4.53. The maximum Gasteiger partial charge on any atom is 0.312 e. The van der Waals surface area contributed by atoms with Gasteiger partial charge in [-0.2, -0.15) is 0 Å². The van der Waals surface area contributed by atoms with Crippen molar-refractivity contribution < 1.29 is 9.59 Å². The zero-order valence-corrected chi connectivity index (χ0v) is 12.4. The molecule has 1 fully saturated rings. The fraction of sp³-hybridized carbons (Fsp3) is 0.533. The number of carbonyl (C=O) groups excluding carboxylic acids is 2. The number of carbonyl (C=O) groups is 2. The standard InChI is InChI=1S/C15H22N4O2/c1-18(11-5-13-3-7-17-8-4-13)14(20)15(21)19-10-2-6-16-9-12-19/h3-4,7-8,16H,2,5-6,9-12H2,1H3. The fourth-order valence-corrected chi connectivity index (χ4v) is 2.30. The van der Waals surface area contributed by atoms with Gasteiger partial charge in [-0.15, -0.1) is 0 Å². The van der Waals surface area contributed by atoms with Crippen LogP contribution in [0, 0.1) is 0 Å². The zero-order valence-electron chi connectivity index (χ0n) is 12.4. The average Bonchev–Trinajstić information content (AvgIpc) is 2.81. The Kier molecular flexibility index (Phi) is 5.68.